The topological polar surface area (TPSA) is 49.8 Å². The zero-order valence-electron chi connectivity index (χ0n) is 9.06. The second-order valence-electron chi connectivity index (χ2n) is 4.18. The first-order chi connectivity index (χ1) is 6.56. The van der Waals surface area contributed by atoms with Crippen molar-refractivity contribution >= 4 is 5.97 Å². The summed E-state index contributed by atoms with van der Waals surface area (Å²) in [7, 11) is 1.67. The summed E-state index contributed by atoms with van der Waals surface area (Å²) in [5.41, 5.74) is 0. The van der Waals surface area contributed by atoms with E-state index in [9.17, 15) is 4.79 Å². The summed E-state index contributed by atoms with van der Waals surface area (Å²) in [5, 5.41) is 8.96. The van der Waals surface area contributed by atoms with Gasteiger partial charge < -0.3 is 9.84 Å². The van der Waals surface area contributed by atoms with Crippen molar-refractivity contribution in [2.75, 3.05) is 26.8 Å². The van der Waals surface area contributed by atoms with Crippen molar-refractivity contribution in [3.05, 3.63) is 0 Å². The van der Waals surface area contributed by atoms with Gasteiger partial charge in [-0.15, -0.1) is 0 Å². The fraction of sp³-hybridized carbons (Fsp3) is 0.900. The minimum atomic E-state index is -0.676. The van der Waals surface area contributed by atoms with Gasteiger partial charge in [0.25, 0.3) is 0 Å². The molecule has 1 aliphatic rings. The van der Waals surface area contributed by atoms with E-state index in [0.717, 1.165) is 6.54 Å². The lowest BCUT2D eigenvalue weighted by Crippen LogP contribution is -2.35. The molecule has 0 radical (unpaired) electrons. The molecule has 14 heavy (non-hydrogen) atoms. The molecule has 4 heteroatoms. The lowest BCUT2D eigenvalue weighted by Gasteiger charge is -2.23. The van der Waals surface area contributed by atoms with Crippen molar-refractivity contribution in [1.29, 1.82) is 0 Å². The molecule has 82 valence electrons. The first-order valence-corrected chi connectivity index (χ1v) is 5.02. The molecule has 0 aromatic rings. The molecule has 1 aliphatic heterocycles. The lowest BCUT2D eigenvalue weighted by atomic mass is 9.99. The number of ether oxygens (including phenoxy) is 1. The number of carboxylic acids is 1. The molecule has 1 saturated heterocycles. The van der Waals surface area contributed by atoms with Gasteiger partial charge in [0.1, 0.15) is 0 Å². The number of likely N-dealkylation sites (tertiary alicyclic amines) is 1. The van der Waals surface area contributed by atoms with Crippen LogP contribution in [0.5, 0.6) is 0 Å². The third-order valence-electron chi connectivity index (χ3n) is 2.99. The highest BCUT2D eigenvalue weighted by atomic mass is 16.5. The van der Waals surface area contributed by atoms with Gasteiger partial charge in [-0.25, -0.2) is 0 Å². The third kappa shape index (κ3) is 2.45. The first kappa shape index (κ1) is 11.5. The number of hydrogen-bond acceptors (Lipinski definition) is 3. The number of carboxylic acid groups (broad SMARTS) is 1. The Balaban J connectivity index is 2.49. The highest BCUT2D eigenvalue weighted by molar-refractivity contribution is 5.71. The largest absolute Gasteiger partial charge is 0.481 e. The Bertz CT molecular complexity index is 208. The quantitative estimate of drug-likeness (QED) is 0.726. The van der Waals surface area contributed by atoms with E-state index in [0.29, 0.717) is 19.2 Å². The number of hydrogen-bond donors (Lipinski definition) is 1. The number of nitrogens with zero attached hydrogens (tertiary/aromatic N) is 1. The number of carbonyl (C=O) groups is 1. The minimum Gasteiger partial charge on any atom is -0.481 e. The van der Waals surface area contributed by atoms with Crippen molar-refractivity contribution in [2.45, 2.75) is 19.9 Å². The van der Waals surface area contributed by atoms with E-state index < -0.39 is 5.97 Å². The van der Waals surface area contributed by atoms with E-state index in [1.807, 2.05) is 6.92 Å². The maximum absolute atomic E-state index is 10.9. The second-order valence-corrected chi connectivity index (χ2v) is 4.18. The normalized spacial score (nSPS) is 30.5. The molecule has 1 rings (SSSR count). The van der Waals surface area contributed by atoms with Gasteiger partial charge in [-0.2, -0.15) is 0 Å². The molecular weight excluding hydrogens is 182 g/mol. The second kappa shape index (κ2) is 4.75. The molecule has 1 heterocycles. The smallest absolute Gasteiger partial charge is 0.308 e. The van der Waals surface area contributed by atoms with Gasteiger partial charge in [0, 0.05) is 26.2 Å². The molecule has 3 atom stereocenters. The monoisotopic (exact) mass is 201 g/mol. The van der Waals surface area contributed by atoms with E-state index >= 15 is 0 Å². The Morgan fingerprint density at radius 2 is 2.29 bits per heavy atom. The molecule has 3 unspecified atom stereocenters. The van der Waals surface area contributed by atoms with Crippen molar-refractivity contribution in [3.63, 3.8) is 0 Å². The predicted octanol–water partition coefficient (Wildman–Crippen LogP) is 0.674. The summed E-state index contributed by atoms with van der Waals surface area (Å²) in [6.45, 7) is 6.25. The molecule has 0 saturated carbocycles. The van der Waals surface area contributed by atoms with Crippen LogP contribution in [0, 0.1) is 11.8 Å². The predicted molar refractivity (Wildman–Crippen MR) is 53.2 cm³/mol. The van der Waals surface area contributed by atoms with E-state index in [4.69, 9.17) is 9.84 Å². The fourth-order valence-corrected chi connectivity index (χ4v) is 2.03. The zero-order valence-corrected chi connectivity index (χ0v) is 9.06. The Morgan fingerprint density at radius 3 is 2.71 bits per heavy atom. The average molecular weight is 201 g/mol. The lowest BCUT2D eigenvalue weighted by molar-refractivity contribution is -0.142. The van der Waals surface area contributed by atoms with Crippen molar-refractivity contribution in [2.24, 2.45) is 11.8 Å². The third-order valence-corrected chi connectivity index (χ3v) is 2.99. The Hall–Kier alpha value is -0.610. The summed E-state index contributed by atoms with van der Waals surface area (Å²) in [6, 6.07) is 0.312. The molecule has 4 nitrogen and oxygen atoms in total. The summed E-state index contributed by atoms with van der Waals surface area (Å²) >= 11 is 0. The van der Waals surface area contributed by atoms with Crippen LogP contribution < -0.4 is 0 Å². The van der Waals surface area contributed by atoms with E-state index in [1.54, 1.807) is 7.11 Å². The summed E-state index contributed by atoms with van der Waals surface area (Å²) in [4.78, 5) is 13.1. The Kier molecular flexibility index (Phi) is 3.89. The SMILES string of the molecule is COCC(C)N1CC(C)C(C(=O)O)C1. The summed E-state index contributed by atoms with van der Waals surface area (Å²) < 4.78 is 5.06. The van der Waals surface area contributed by atoms with Gasteiger partial charge in [-0.05, 0) is 12.8 Å². The number of aliphatic carboxylic acids is 1. The van der Waals surface area contributed by atoms with Crippen molar-refractivity contribution in [1.82, 2.24) is 4.90 Å². The number of methoxy groups -OCH3 is 1. The highest BCUT2D eigenvalue weighted by Crippen LogP contribution is 2.24. The molecule has 0 spiro atoms. The van der Waals surface area contributed by atoms with Gasteiger partial charge in [-0.1, -0.05) is 6.92 Å². The van der Waals surface area contributed by atoms with Crippen LogP contribution in [-0.4, -0.2) is 48.8 Å². The zero-order chi connectivity index (χ0) is 10.7. The fourth-order valence-electron chi connectivity index (χ4n) is 2.03. The number of rotatable bonds is 4. The van der Waals surface area contributed by atoms with Gasteiger partial charge in [0.15, 0.2) is 0 Å². The Morgan fingerprint density at radius 1 is 1.64 bits per heavy atom. The van der Waals surface area contributed by atoms with E-state index in [1.165, 1.54) is 0 Å². The molecule has 0 amide bonds. The molecular formula is C10H19NO3. The molecule has 0 bridgehead atoms. The van der Waals surface area contributed by atoms with Crippen LogP contribution in [0.25, 0.3) is 0 Å². The standard InChI is InChI=1S/C10H19NO3/c1-7-4-11(8(2)6-14-3)5-9(7)10(12)13/h7-9H,4-6H2,1-3H3,(H,12,13). The highest BCUT2D eigenvalue weighted by Gasteiger charge is 2.36. The van der Waals surface area contributed by atoms with E-state index in [-0.39, 0.29) is 11.8 Å². The van der Waals surface area contributed by atoms with Crippen LogP contribution >= 0.6 is 0 Å². The van der Waals surface area contributed by atoms with Crippen LogP contribution in [-0.2, 0) is 9.53 Å². The van der Waals surface area contributed by atoms with Crippen molar-refractivity contribution in [3.8, 4) is 0 Å². The van der Waals surface area contributed by atoms with Gasteiger partial charge in [0.05, 0.1) is 12.5 Å². The van der Waals surface area contributed by atoms with E-state index in [2.05, 4.69) is 11.8 Å². The maximum Gasteiger partial charge on any atom is 0.308 e. The Labute approximate surface area is 84.8 Å². The van der Waals surface area contributed by atoms with Gasteiger partial charge >= 0.3 is 5.97 Å². The summed E-state index contributed by atoms with van der Waals surface area (Å²) in [5.74, 6) is -0.647. The molecule has 0 aliphatic carbocycles. The summed E-state index contributed by atoms with van der Waals surface area (Å²) in [6.07, 6.45) is 0. The van der Waals surface area contributed by atoms with Gasteiger partial charge in [-0.3, -0.25) is 9.69 Å². The molecule has 1 N–H and O–H groups in total. The maximum atomic E-state index is 10.9. The van der Waals surface area contributed by atoms with Crippen LogP contribution in [0.1, 0.15) is 13.8 Å². The minimum absolute atomic E-state index is 0.214. The molecule has 0 aromatic heterocycles. The average Bonchev–Trinajstić information content (AvgIpc) is 2.48. The van der Waals surface area contributed by atoms with Crippen LogP contribution in [0.2, 0.25) is 0 Å². The van der Waals surface area contributed by atoms with Crippen LogP contribution in [0.15, 0.2) is 0 Å². The molecule has 0 aromatic carbocycles. The first-order valence-electron chi connectivity index (χ1n) is 5.02. The van der Waals surface area contributed by atoms with Crippen LogP contribution in [0.4, 0.5) is 0 Å². The van der Waals surface area contributed by atoms with Gasteiger partial charge in [0.2, 0.25) is 0 Å². The van der Waals surface area contributed by atoms with Crippen LogP contribution in [0.3, 0.4) is 0 Å². The molecule has 1 fully saturated rings. The van der Waals surface area contributed by atoms with Crippen molar-refractivity contribution < 1.29 is 14.6 Å².